The van der Waals surface area contributed by atoms with Crippen molar-refractivity contribution in [2.24, 2.45) is 14.1 Å². The lowest BCUT2D eigenvalue weighted by atomic mass is 10.2. The SMILES string of the molecule is Cn1c(=O)c2c(SCc3ccc(Cl)cc3Cl)nc(-c3cccs3)nc2n(C)c1=O. The molecule has 0 bridgehead atoms. The second-order valence-corrected chi connectivity index (χ2v) is 9.01. The molecule has 3 heterocycles. The summed E-state index contributed by atoms with van der Waals surface area (Å²) in [7, 11) is 3.04. The van der Waals surface area contributed by atoms with E-state index < -0.39 is 11.2 Å². The number of benzene rings is 1. The zero-order chi connectivity index (χ0) is 20.7. The summed E-state index contributed by atoms with van der Waals surface area (Å²) >= 11 is 15.1. The average Bonchev–Trinajstić information content (AvgIpc) is 3.24. The molecule has 0 amide bonds. The number of aryl methyl sites for hydroxylation is 1. The van der Waals surface area contributed by atoms with E-state index in [0.717, 1.165) is 15.0 Å². The molecular formula is C19H14Cl2N4O2S2. The molecule has 1 aromatic carbocycles. The van der Waals surface area contributed by atoms with Crippen LogP contribution in [0.3, 0.4) is 0 Å². The first kappa shape index (κ1) is 20.2. The van der Waals surface area contributed by atoms with Crippen LogP contribution in [-0.2, 0) is 19.8 Å². The Morgan fingerprint density at radius 3 is 2.59 bits per heavy atom. The van der Waals surface area contributed by atoms with Gasteiger partial charge < -0.3 is 0 Å². The lowest BCUT2D eigenvalue weighted by Crippen LogP contribution is -2.37. The van der Waals surface area contributed by atoms with E-state index in [2.05, 4.69) is 9.97 Å². The Bertz CT molecular complexity index is 1350. The zero-order valence-electron chi connectivity index (χ0n) is 15.3. The summed E-state index contributed by atoms with van der Waals surface area (Å²) in [4.78, 5) is 35.3. The van der Waals surface area contributed by atoms with Crippen LogP contribution in [0, 0.1) is 0 Å². The molecule has 0 saturated carbocycles. The fourth-order valence-electron chi connectivity index (χ4n) is 2.83. The van der Waals surface area contributed by atoms with Gasteiger partial charge in [0.25, 0.3) is 5.56 Å². The molecule has 4 aromatic rings. The highest BCUT2D eigenvalue weighted by molar-refractivity contribution is 7.98. The molecule has 0 saturated heterocycles. The van der Waals surface area contributed by atoms with Gasteiger partial charge in [0.05, 0.1) is 4.88 Å². The number of rotatable bonds is 4. The van der Waals surface area contributed by atoms with E-state index >= 15 is 0 Å². The van der Waals surface area contributed by atoms with Crippen molar-refractivity contribution < 1.29 is 0 Å². The minimum absolute atomic E-state index is 0.307. The third-order valence-electron chi connectivity index (χ3n) is 4.39. The number of nitrogens with zero attached hydrogens (tertiary/aromatic N) is 4. The molecule has 0 radical (unpaired) electrons. The van der Waals surface area contributed by atoms with Crippen molar-refractivity contribution in [2.45, 2.75) is 10.8 Å². The van der Waals surface area contributed by atoms with Gasteiger partial charge in [-0.25, -0.2) is 14.8 Å². The fourth-order valence-corrected chi connectivity index (χ4v) is 5.06. The van der Waals surface area contributed by atoms with Crippen LogP contribution in [0.15, 0.2) is 50.3 Å². The zero-order valence-corrected chi connectivity index (χ0v) is 18.5. The number of halogens is 2. The number of hydrogen-bond acceptors (Lipinski definition) is 6. The lowest BCUT2D eigenvalue weighted by Gasteiger charge is -2.12. The summed E-state index contributed by atoms with van der Waals surface area (Å²) in [5.74, 6) is 0.957. The van der Waals surface area contributed by atoms with Crippen LogP contribution in [0.4, 0.5) is 0 Å². The van der Waals surface area contributed by atoms with Crippen LogP contribution in [0.25, 0.3) is 21.7 Å². The molecule has 0 aliphatic rings. The summed E-state index contributed by atoms with van der Waals surface area (Å²) in [6, 6.07) is 9.08. The van der Waals surface area contributed by atoms with E-state index in [1.807, 2.05) is 23.6 Å². The molecule has 29 heavy (non-hydrogen) atoms. The first-order valence-electron chi connectivity index (χ1n) is 8.45. The van der Waals surface area contributed by atoms with E-state index in [1.54, 1.807) is 19.2 Å². The maximum absolute atomic E-state index is 12.9. The minimum Gasteiger partial charge on any atom is -0.280 e. The normalized spacial score (nSPS) is 11.3. The minimum atomic E-state index is -0.435. The highest BCUT2D eigenvalue weighted by Gasteiger charge is 2.19. The topological polar surface area (TPSA) is 69.8 Å². The second kappa shape index (κ2) is 7.95. The predicted molar refractivity (Wildman–Crippen MR) is 119 cm³/mol. The Morgan fingerprint density at radius 1 is 1.10 bits per heavy atom. The first-order chi connectivity index (χ1) is 13.9. The molecule has 0 atom stereocenters. The maximum atomic E-state index is 12.9. The number of aromatic nitrogens is 4. The van der Waals surface area contributed by atoms with Gasteiger partial charge in [0.15, 0.2) is 11.5 Å². The molecule has 6 nitrogen and oxygen atoms in total. The molecule has 3 aromatic heterocycles. The van der Waals surface area contributed by atoms with Crippen molar-refractivity contribution in [1.29, 1.82) is 0 Å². The van der Waals surface area contributed by atoms with Crippen molar-refractivity contribution in [3.8, 4) is 10.7 Å². The molecule has 0 aliphatic heterocycles. The number of hydrogen-bond donors (Lipinski definition) is 0. The van der Waals surface area contributed by atoms with Crippen LogP contribution in [-0.4, -0.2) is 19.1 Å². The van der Waals surface area contributed by atoms with E-state index in [-0.39, 0.29) is 0 Å². The van der Waals surface area contributed by atoms with E-state index in [1.165, 1.54) is 34.7 Å². The molecule has 0 aliphatic carbocycles. The quantitative estimate of drug-likeness (QED) is 0.331. The van der Waals surface area contributed by atoms with E-state index in [0.29, 0.717) is 37.7 Å². The van der Waals surface area contributed by atoms with Gasteiger partial charge >= 0.3 is 5.69 Å². The van der Waals surface area contributed by atoms with Crippen LogP contribution in [0.5, 0.6) is 0 Å². The van der Waals surface area contributed by atoms with Gasteiger partial charge in [0.1, 0.15) is 10.4 Å². The van der Waals surface area contributed by atoms with Gasteiger partial charge in [-0.05, 0) is 29.1 Å². The van der Waals surface area contributed by atoms with Crippen LogP contribution >= 0.6 is 46.3 Å². The Kier molecular flexibility index (Phi) is 5.52. The molecule has 148 valence electrons. The van der Waals surface area contributed by atoms with E-state index in [4.69, 9.17) is 23.2 Å². The summed E-state index contributed by atoms with van der Waals surface area (Å²) < 4.78 is 2.44. The smallest absolute Gasteiger partial charge is 0.280 e. The fraction of sp³-hybridized carbons (Fsp3) is 0.158. The first-order valence-corrected chi connectivity index (χ1v) is 11.1. The van der Waals surface area contributed by atoms with Crippen LogP contribution < -0.4 is 11.2 Å². The Labute approximate surface area is 183 Å². The van der Waals surface area contributed by atoms with Gasteiger partial charge in [-0.3, -0.25) is 13.9 Å². The van der Waals surface area contributed by atoms with Crippen molar-refractivity contribution >= 4 is 57.3 Å². The van der Waals surface area contributed by atoms with Gasteiger partial charge in [-0.1, -0.05) is 35.3 Å². The Morgan fingerprint density at radius 2 is 1.90 bits per heavy atom. The van der Waals surface area contributed by atoms with Crippen molar-refractivity contribution in [1.82, 2.24) is 19.1 Å². The van der Waals surface area contributed by atoms with Crippen LogP contribution in [0.2, 0.25) is 10.0 Å². The highest BCUT2D eigenvalue weighted by atomic mass is 35.5. The van der Waals surface area contributed by atoms with Gasteiger partial charge in [0, 0.05) is 29.9 Å². The largest absolute Gasteiger partial charge is 0.332 e. The van der Waals surface area contributed by atoms with E-state index in [9.17, 15) is 9.59 Å². The summed E-state index contributed by atoms with van der Waals surface area (Å²) in [6.45, 7) is 0. The monoisotopic (exact) mass is 464 g/mol. The maximum Gasteiger partial charge on any atom is 0.332 e. The Hall–Kier alpha value is -2.13. The lowest BCUT2D eigenvalue weighted by molar-refractivity contribution is 0.703. The number of fused-ring (bicyclic) bond motifs is 1. The van der Waals surface area contributed by atoms with Crippen molar-refractivity contribution in [3.05, 3.63) is 72.2 Å². The average molecular weight is 465 g/mol. The summed E-state index contributed by atoms with van der Waals surface area (Å²) in [6.07, 6.45) is 0. The predicted octanol–water partition coefficient (Wildman–Crippen LogP) is 4.35. The molecule has 0 fully saturated rings. The van der Waals surface area contributed by atoms with Gasteiger partial charge in [0.2, 0.25) is 0 Å². The molecule has 10 heteroatoms. The molecule has 0 spiro atoms. The molecule has 0 N–H and O–H groups in total. The third kappa shape index (κ3) is 3.73. The van der Waals surface area contributed by atoms with Crippen molar-refractivity contribution in [3.63, 3.8) is 0 Å². The van der Waals surface area contributed by atoms with Gasteiger partial charge in [-0.15, -0.1) is 23.1 Å². The van der Waals surface area contributed by atoms with Crippen LogP contribution in [0.1, 0.15) is 5.56 Å². The van der Waals surface area contributed by atoms with Gasteiger partial charge in [-0.2, -0.15) is 0 Å². The summed E-state index contributed by atoms with van der Waals surface area (Å²) in [5, 5.41) is 3.83. The number of thiophene rings is 1. The Balaban J connectivity index is 1.91. The second-order valence-electron chi connectivity index (χ2n) is 6.26. The third-order valence-corrected chi connectivity index (χ3v) is 6.86. The molecule has 4 rings (SSSR count). The standard InChI is InChI=1S/C19H14Cl2N4O2S2/c1-24-16-14(18(26)25(2)19(24)27)17(23-15(22-16)13-4-3-7-28-13)29-9-10-5-6-11(20)8-12(10)21/h3-8H,9H2,1-2H3. The highest BCUT2D eigenvalue weighted by Crippen LogP contribution is 2.32. The van der Waals surface area contributed by atoms with Crippen molar-refractivity contribution in [2.75, 3.05) is 0 Å². The number of thioether (sulfide) groups is 1. The molecular weight excluding hydrogens is 451 g/mol. The summed E-state index contributed by atoms with van der Waals surface area (Å²) in [5.41, 5.74) is 0.314. The molecule has 0 unspecified atom stereocenters.